The van der Waals surface area contributed by atoms with Crippen molar-refractivity contribution in [3.8, 4) is 0 Å². The average molecular weight is 317 g/mol. The smallest absolute Gasteiger partial charge is 0.332 e. The van der Waals surface area contributed by atoms with Crippen molar-refractivity contribution in [1.82, 2.24) is 9.97 Å². The number of benzene rings is 1. The highest BCUT2D eigenvalue weighted by molar-refractivity contribution is 5.61. The highest BCUT2D eigenvalue weighted by atomic mass is 16.6. The van der Waals surface area contributed by atoms with Gasteiger partial charge in [0, 0.05) is 20.1 Å². The first-order valence-corrected chi connectivity index (χ1v) is 7.15. The van der Waals surface area contributed by atoms with E-state index >= 15 is 0 Å². The Labute approximate surface area is 134 Å². The maximum atomic E-state index is 11.3. The van der Waals surface area contributed by atoms with Crippen molar-refractivity contribution in [1.29, 1.82) is 0 Å². The van der Waals surface area contributed by atoms with Crippen LogP contribution in [0.1, 0.15) is 11.3 Å². The molecule has 122 valence electrons. The molecule has 0 bridgehead atoms. The van der Waals surface area contributed by atoms with E-state index in [0.717, 1.165) is 5.56 Å². The molecule has 0 aliphatic carbocycles. The Morgan fingerprint density at radius 1 is 1.30 bits per heavy atom. The molecule has 1 heterocycles. The molecule has 23 heavy (non-hydrogen) atoms. The van der Waals surface area contributed by atoms with Crippen molar-refractivity contribution in [2.45, 2.75) is 13.5 Å². The second-order valence-corrected chi connectivity index (χ2v) is 5.05. The summed E-state index contributed by atoms with van der Waals surface area (Å²) in [5.41, 5.74) is 1.13. The van der Waals surface area contributed by atoms with Crippen LogP contribution >= 0.6 is 0 Å². The highest BCUT2D eigenvalue weighted by Gasteiger charge is 2.23. The molecule has 0 saturated heterocycles. The van der Waals surface area contributed by atoms with E-state index in [0.29, 0.717) is 19.0 Å². The minimum atomic E-state index is -0.488. The molecule has 0 amide bonds. The number of nitrogens with one attached hydrogen (secondary N) is 1. The summed E-state index contributed by atoms with van der Waals surface area (Å²) in [4.78, 5) is 20.8. The van der Waals surface area contributed by atoms with E-state index < -0.39 is 4.92 Å². The zero-order valence-electron chi connectivity index (χ0n) is 13.1. The number of hydrogen-bond acceptors (Lipinski definition) is 7. The van der Waals surface area contributed by atoms with Gasteiger partial charge in [0.1, 0.15) is 5.69 Å². The van der Waals surface area contributed by atoms with Gasteiger partial charge in [-0.25, -0.2) is 4.98 Å². The minimum Gasteiger partial charge on any atom is -0.395 e. The zero-order valence-corrected chi connectivity index (χ0v) is 13.1. The van der Waals surface area contributed by atoms with Crippen molar-refractivity contribution in [3.63, 3.8) is 0 Å². The lowest BCUT2D eigenvalue weighted by molar-refractivity contribution is -0.385. The molecule has 0 aliphatic rings. The molecule has 0 unspecified atom stereocenters. The Kier molecular flexibility index (Phi) is 5.42. The lowest BCUT2D eigenvalue weighted by atomic mass is 10.2. The van der Waals surface area contributed by atoms with Crippen molar-refractivity contribution < 1.29 is 10.0 Å². The van der Waals surface area contributed by atoms with Gasteiger partial charge in [-0.05, 0) is 12.5 Å². The van der Waals surface area contributed by atoms with Crippen LogP contribution in [0, 0.1) is 17.0 Å². The SMILES string of the molecule is Cc1nc(N(C)CCO)nc(NCc2ccccc2)c1[N+](=O)[O-]. The normalized spacial score (nSPS) is 10.4. The number of aliphatic hydroxyl groups is 1. The second-order valence-electron chi connectivity index (χ2n) is 5.05. The molecule has 2 rings (SSSR count). The fraction of sp³-hybridized carbons (Fsp3) is 0.333. The van der Waals surface area contributed by atoms with Gasteiger partial charge in [0.15, 0.2) is 0 Å². The summed E-state index contributed by atoms with van der Waals surface area (Å²) in [6.45, 7) is 2.28. The second kappa shape index (κ2) is 7.50. The summed E-state index contributed by atoms with van der Waals surface area (Å²) < 4.78 is 0. The minimum absolute atomic E-state index is 0.0529. The Bertz CT molecular complexity index is 678. The van der Waals surface area contributed by atoms with Gasteiger partial charge in [0.05, 0.1) is 11.5 Å². The standard InChI is InChI=1S/C15H19N5O3/c1-11-13(20(22)23)14(16-10-12-6-4-3-5-7-12)18-15(17-11)19(2)8-9-21/h3-7,21H,8-10H2,1-2H3,(H,16,17,18). The summed E-state index contributed by atoms with van der Waals surface area (Å²) in [5, 5.41) is 23.3. The summed E-state index contributed by atoms with van der Waals surface area (Å²) in [7, 11) is 1.72. The molecule has 8 nitrogen and oxygen atoms in total. The Balaban J connectivity index is 2.32. The Hall–Kier alpha value is -2.74. The number of aryl methyl sites for hydroxylation is 1. The molecule has 8 heteroatoms. The monoisotopic (exact) mass is 317 g/mol. The van der Waals surface area contributed by atoms with Gasteiger partial charge in [-0.1, -0.05) is 30.3 Å². The quantitative estimate of drug-likeness (QED) is 0.592. The van der Waals surface area contributed by atoms with Crippen molar-refractivity contribution in [2.75, 3.05) is 30.4 Å². The summed E-state index contributed by atoms with van der Waals surface area (Å²) in [6, 6.07) is 9.55. The molecule has 1 aromatic carbocycles. The first-order chi connectivity index (χ1) is 11.0. The first-order valence-electron chi connectivity index (χ1n) is 7.15. The van der Waals surface area contributed by atoms with E-state index in [1.165, 1.54) is 0 Å². The number of rotatable bonds is 7. The highest BCUT2D eigenvalue weighted by Crippen LogP contribution is 2.27. The van der Waals surface area contributed by atoms with Crippen molar-refractivity contribution >= 4 is 17.5 Å². The number of aromatic nitrogens is 2. The molecule has 1 aromatic heterocycles. The van der Waals surface area contributed by atoms with Crippen LogP contribution in [0.2, 0.25) is 0 Å². The maximum absolute atomic E-state index is 11.3. The number of hydrogen-bond donors (Lipinski definition) is 2. The lowest BCUT2D eigenvalue weighted by Gasteiger charge is -2.17. The number of likely N-dealkylation sites (N-methyl/N-ethyl adjacent to an activating group) is 1. The molecule has 2 aromatic rings. The molecule has 0 radical (unpaired) electrons. The summed E-state index contributed by atoms with van der Waals surface area (Å²) in [6.07, 6.45) is 0. The van der Waals surface area contributed by atoms with E-state index in [9.17, 15) is 10.1 Å². The lowest BCUT2D eigenvalue weighted by Crippen LogP contribution is -2.24. The van der Waals surface area contributed by atoms with Crippen LogP contribution in [-0.2, 0) is 6.54 Å². The van der Waals surface area contributed by atoms with E-state index in [2.05, 4.69) is 15.3 Å². The molecule has 0 saturated carbocycles. The molecule has 0 aliphatic heterocycles. The van der Waals surface area contributed by atoms with Crippen LogP contribution in [0.5, 0.6) is 0 Å². The largest absolute Gasteiger partial charge is 0.395 e. The Morgan fingerprint density at radius 2 is 2.00 bits per heavy atom. The van der Waals surface area contributed by atoms with Gasteiger partial charge in [-0.15, -0.1) is 0 Å². The van der Waals surface area contributed by atoms with E-state index in [1.54, 1.807) is 18.9 Å². The fourth-order valence-electron chi connectivity index (χ4n) is 2.10. The molecule has 2 N–H and O–H groups in total. The molecular formula is C15H19N5O3. The topological polar surface area (TPSA) is 104 Å². The van der Waals surface area contributed by atoms with Gasteiger partial charge in [0.25, 0.3) is 0 Å². The average Bonchev–Trinajstić information content (AvgIpc) is 2.53. The van der Waals surface area contributed by atoms with Crippen LogP contribution < -0.4 is 10.2 Å². The molecule has 0 atom stereocenters. The van der Waals surface area contributed by atoms with Crippen molar-refractivity contribution in [2.24, 2.45) is 0 Å². The number of nitrogens with zero attached hydrogens (tertiary/aromatic N) is 4. The molecular weight excluding hydrogens is 298 g/mol. The predicted molar refractivity (Wildman–Crippen MR) is 87.5 cm³/mol. The Morgan fingerprint density at radius 3 is 2.61 bits per heavy atom. The third kappa shape index (κ3) is 4.13. The fourth-order valence-corrected chi connectivity index (χ4v) is 2.10. The van der Waals surface area contributed by atoms with Crippen LogP contribution in [0.15, 0.2) is 30.3 Å². The third-order valence-electron chi connectivity index (χ3n) is 3.31. The third-order valence-corrected chi connectivity index (χ3v) is 3.31. The molecule has 0 spiro atoms. The van der Waals surface area contributed by atoms with Gasteiger partial charge < -0.3 is 15.3 Å². The number of aliphatic hydroxyl groups excluding tert-OH is 1. The van der Waals surface area contributed by atoms with Gasteiger partial charge in [0.2, 0.25) is 11.8 Å². The van der Waals surface area contributed by atoms with E-state index in [-0.39, 0.29) is 23.8 Å². The van der Waals surface area contributed by atoms with Crippen molar-refractivity contribution in [3.05, 3.63) is 51.7 Å². The maximum Gasteiger partial charge on any atom is 0.332 e. The zero-order chi connectivity index (χ0) is 16.8. The van der Waals surface area contributed by atoms with Gasteiger partial charge in [-0.2, -0.15) is 4.98 Å². The van der Waals surface area contributed by atoms with E-state index in [4.69, 9.17) is 5.11 Å². The first kappa shape index (κ1) is 16.6. The van der Waals surface area contributed by atoms with Crippen LogP contribution in [0.3, 0.4) is 0 Å². The van der Waals surface area contributed by atoms with Gasteiger partial charge >= 0.3 is 5.69 Å². The summed E-state index contributed by atoms with van der Waals surface area (Å²) >= 11 is 0. The number of nitro groups is 1. The number of anilines is 2. The predicted octanol–water partition coefficient (Wildman–Crippen LogP) is 1.73. The summed E-state index contributed by atoms with van der Waals surface area (Å²) in [5.74, 6) is 0.504. The molecule has 0 fully saturated rings. The van der Waals surface area contributed by atoms with E-state index in [1.807, 2.05) is 30.3 Å². The van der Waals surface area contributed by atoms with Crippen LogP contribution in [0.4, 0.5) is 17.5 Å². The van der Waals surface area contributed by atoms with Crippen LogP contribution in [-0.4, -0.2) is 40.2 Å². The van der Waals surface area contributed by atoms with Gasteiger partial charge in [-0.3, -0.25) is 10.1 Å². The van der Waals surface area contributed by atoms with Crippen LogP contribution in [0.25, 0.3) is 0 Å².